The molecule has 0 aliphatic carbocycles. The number of aliphatic carboxylic acids is 1. The van der Waals surface area contributed by atoms with Gasteiger partial charge < -0.3 is 5.11 Å². The molecular formula is C9H10FN3O2. The van der Waals surface area contributed by atoms with Gasteiger partial charge in [0.25, 0.3) is 0 Å². The molecular weight excluding hydrogens is 201 g/mol. The van der Waals surface area contributed by atoms with Crippen molar-refractivity contribution in [2.24, 2.45) is 0 Å². The summed E-state index contributed by atoms with van der Waals surface area (Å²) in [5.41, 5.74) is 8.37. The molecule has 0 bridgehead atoms. The lowest BCUT2D eigenvalue weighted by Crippen LogP contribution is -2.38. The first kappa shape index (κ1) is 10.0. The molecule has 0 spiro atoms. The first-order valence-electron chi connectivity index (χ1n) is 4.43. The zero-order valence-corrected chi connectivity index (χ0v) is 7.70. The zero-order valence-electron chi connectivity index (χ0n) is 7.70. The molecule has 1 saturated heterocycles. The average Bonchev–Trinajstić information content (AvgIpc) is 2.65. The first-order chi connectivity index (χ1) is 7.18. The smallest absolute Gasteiger partial charge is 0.324 e. The van der Waals surface area contributed by atoms with E-state index in [0.717, 1.165) is 0 Å². The minimum Gasteiger partial charge on any atom is -0.480 e. The Morgan fingerprint density at radius 1 is 1.40 bits per heavy atom. The summed E-state index contributed by atoms with van der Waals surface area (Å²) in [6.07, 6.45) is 0. The summed E-state index contributed by atoms with van der Waals surface area (Å²) in [5.74, 6) is -1.38. The van der Waals surface area contributed by atoms with Crippen LogP contribution in [0, 0.1) is 5.82 Å². The van der Waals surface area contributed by atoms with Crippen molar-refractivity contribution >= 4 is 5.97 Å². The second-order valence-corrected chi connectivity index (χ2v) is 3.26. The Morgan fingerprint density at radius 2 is 2.20 bits per heavy atom. The van der Waals surface area contributed by atoms with Gasteiger partial charge in [-0.3, -0.25) is 4.79 Å². The number of nitrogens with one attached hydrogen (secondary N) is 3. The van der Waals surface area contributed by atoms with Crippen molar-refractivity contribution in [1.82, 2.24) is 16.4 Å². The van der Waals surface area contributed by atoms with Crippen molar-refractivity contribution in [3.05, 3.63) is 35.6 Å². The molecule has 0 radical (unpaired) electrons. The molecule has 1 aromatic carbocycles. The van der Waals surface area contributed by atoms with Crippen LogP contribution >= 0.6 is 0 Å². The van der Waals surface area contributed by atoms with Gasteiger partial charge in [0.1, 0.15) is 11.9 Å². The van der Waals surface area contributed by atoms with Crippen LogP contribution in [0.4, 0.5) is 4.39 Å². The predicted molar refractivity (Wildman–Crippen MR) is 50.0 cm³/mol. The fourth-order valence-electron chi connectivity index (χ4n) is 1.54. The molecule has 1 aliphatic heterocycles. The highest BCUT2D eigenvalue weighted by Crippen LogP contribution is 2.19. The Labute approximate surface area is 85.2 Å². The molecule has 2 atom stereocenters. The van der Waals surface area contributed by atoms with Gasteiger partial charge >= 0.3 is 5.97 Å². The van der Waals surface area contributed by atoms with Crippen molar-refractivity contribution in [3.8, 4) is 0 Å². The van der Waals surface area contributed by atoms with Crippen LogP contribution in [-0.4, -0.2) is 17.1 Å². The topological polar surface area (TPSA) is 73.4 Å². The SMILES string of the molecule is O=C(O)C1NNNC1c1cccc(F)c1. The van der Waals surface area contributed by atoms with Crippen LogP contribution in [-0.2, 0) is 4.79 Å². The number of hydrogen-bond acceptors (Lipinski definition) is 4. The number of hydrogen-bond donors (Lipinski definition) is 4. The number of halogens is 1. The normalized spacial score (nSPS) is 25.4. The van der Waals surface area contributed by atoms with E-state index in [4.69, 9.17) is 5.11 Å². The quantitative estimate of drug-likeness (QED) is 0.551. The molecule has 5 nitrogen and oxygen atoms in total. The minimum absolute atomic E-state index is 0.384. The second-order valence-electron chi connectivity index (χ2n) is 3.26. The van der Waals surface area contributed by atoms with Crippen LogP contribution in [0.2, 0.25) is 0 Å². The first-order valence-corrected chi connectivity index (χ1v) is 4.43. The Hall–Kier alpha value is -1.50. The van der Waals surface area contributed by atoms with E-state index >= 15 is 0 Å². The Bertz CT molecular complexity index is 385. The lowest BCUT2D eigenvalue weighted by atomic mass is 10.0. The number of carbonyl (C=O) groups is 1. The highest BCUT2D eigenvalue weighted by Gasteiger charge is 2.33. The molecule has 2 unspecified atom stereocenters. The number of rotatable bonds is 2. The third-order valence-corrected chi connectivity index (χ3v) is 2.26. The number of carboxylic acids is 1. The fourth-order valence-corrected chi connectivity index (χ4v) is 1.54. The van der Waals surface area contributed by atoms with Gasteiger partial charge in [0.2, 0.25) is 0 Å². The maximum absolute atomic E-state index is 12.9. The molecule has 0 amide bonds. The Morgan fingerprint density at radius 3 is 2.87 bits per heavy atom. The van der Waals surface area contributed by atoms with Crippen molar-refractivity contribution in [2.45, 2.75) is 12.1 Å². The highest BCUT2D eigenvalue weighted by atomic mass is 19.1. The summed E-state index contributed by atoms with van der Waals surface area (Å²) >= 11 is 0. The molecule has 80 valence electrons. The van der Waals surface area contributed by atoms with Crippen LogP contribution in [0.5, 0.6) is 0 Å². The number of carboxylic acid groups (broad SMARTS) is 1. The Balaban J connectivity index is 2.26. The van der Waals surface area contributed by atoms with E-state index in [2.05, 4.69) is 16.4 Å². The fraction of sp³-hybridized carbons (Fsp3) is 0.222. The van der Waals surface area contributed by atoms with E-state index in [1.807, 2.05) is 0 Å². The molecule has 1 fully saturated rings. The van der Waals surface area contributed by atoms with E-state index in [9.17, 15) is 9.18 Å². The van der Waals surface area contributed by atoms with Crippen molar-refractivity contribution in [1.29, 1.82) is 0 Å². The van der Waals surface area contributed by atoms with Crippen LogP contribution in [0.1, 0.15) is 11.6 Å². The third-order valence-electron chi connectivity index (χ3n) is 2.26. The molecule has 1 heterocycles. The van der Waals surface area contributed by atoms with Gasteiger partial charge in [-0.25, -0.2) is 15.2 Å². The van der Waals surface area contributed by atoms with Crippen molar-refractivity contribution < 1.29 is 14.3 Å². The summed E-state index contributed by atoms with van der Waals surface area (Å²) < 4.78 is 12.9. The van der Waals surface area contributed by atoms with E-state index in [1.165, 1.54) is 12.1 Å². The van der Waals surface area contributed by atoms with Gasteiger partial charge in [-0.1, -0.05) is 12.1 Å². The number of benzene rings is 1. The van der Waals surface area contributed by atoms with E-state index in [-0.39, 0.29) is 5.82 Å². The maximum Gasteiger partial charge on any atom is 0.324 e. The van der Waals surface area contributed by atoms with Crippen LogP contribution in [0.3, 0.4) is 0 Å². The largest absolute Gasteiger partial charge is 0.480 e. The molecule has 4 N–H and O–H groups in total. The third kappa shape index (κ3) is 1.96. The summed E-state index contributed by atoms with van der Waals surface area (Å²) in [4.78, 5) is 10.8. The zero-order chi connectivity index (χ0) is 10.8. The van der Waals surface area contributed by atoms with Gasteiger partial charge in [0.15, 0.2) is 0 Å². The minimum atomic E-state index is -0.998. The Kier molecular flexibility index (Phi) is 2.63. The predicted octanol–water partition coefficient (Wildman–Crippen LogP) is -0.0676. The van der Waals surface area contributed by atoms with Crippen molar-refractivity contribution in [2.75, 3.05) is 0 Å². The second kappa shape index (κ2) is 3.93. The molecule has 0 aromatic heterocycles. The van der Waals surface area contributed by atoms with Gasteiger partial charge in [-0.15, -0.1) is 0 Å². The monoisotopic (exact) mass is 211 g/mol. The highest BCUT2D eigenvalue weighted by molar-refractivity contribution is 5.75. The molecule has 1 aromatic rings. The van der Waals surface area contributed by atoms with Crippen LogP contribution in [0.25, 0.3) is 0 Å². The summed E-state index contributed by atoms with van der Waals surface area (Å²) in [5, 5.41) is 8.88. The maximum atomic E-state index is 12.9. The average molecular weight is 211 g/mol. The molecule has 6 heteroatoms. The molecule has 15 heavy (non-hydrogen) atoms. The summed E-state index contributed by atoms with van der Waals surface area (Å²) in [6, 6.07) is 4.54. The lowest BCUT2D eigenvalue weighted by Gasteiger charge is -2.14. The lowest BCUT2D eigenvalue weighted by molar-refractivity contribution is -0.139. The van der Waals surface area contributed by atoms with Gasteiger partial charge in [0.05, 0.1) is 6.04 Å². The summed E-state index contributed by atoms with van der Waals surface area (Å²) in [7, 11) is 0. The molecule has 1 aliphatic rings. The van der Waals surface area contributed by atoms with Gasteiger partial charge in [-0.05, 0) is 17.7 Å². The number of hydrazine groups is 2. The van der Waals surface area contributed by atoms with E-state index in [1.54, 1.807) is 12.1 Å². The van der Waals surface area contributed by atoms with E-state index in [0.29, 0.717) is 5.56 Å². The van der Waals surface area contributed by atoms with Gasteiger partial charge in [0, 0.05) is 0 Å². The molecule has 0 saturated carbocycles. The molecule has 2 rings (SSSR count). The van der Waals surface area contributed by atoms with Crippen molar-refractivity contribution in [3.63, 3.8) is 0 Å². The summed E-state index contributed by atoms with van der Waals surface area (Å²) in [6.45, 7) is 0. The van der Waals surface area contributed by atoms with Crippen LogP contribution in [0.15, 0.2) is 24.3 Å². The van der Waals surface area contributed by atoms with Gasteiger partial charge in [-0.2, -0.15) is 5.53 Å². The van der Waals surface area contributed by atoms with Crippen LogP contribution < -0.4 is 16.4 Å². The van der Waals surface area contributed by atoms with E-state index < -0.39 is 18.1 Å². The standard InChI is InChI=1S/C9H10FN3O2/c10-6-3-1-2-5(4-6)7-8(9(14)15)12-13-11-7/h1-4,7-8,11-13H,(H,14,15).